The van der Waals surface area contributed by atoms with Crippen molar-refractivity contribution in [1.82, 2.24) is 19.5 Å². The summed E-state index contributed by atoms with van der Waals surface area (Å²) in [6.45, 7) is 0. The highest BCUT2D eigenvalue weighted by molar-refractivity contribution is 7.25. The van der Waals surface area contributed by atoms with Crippen molar-refractivity contribution in [2.45, 2.75) is 0 Å². The molecule has 0 fully saturated rings. The Labute approximate surface area is 257 Å². The van der Waals surface area contributed by atoms with Crippen LogP contribution in [-0.2, 0) is 0 Å². The third-order valence-electron chi connectivity index (χ3n) is 8.23. The number of thiophene rings is 1. The quantitative estimate of drug-likeness (QED) is 0.208. The van der Waals surface area contributed by atoms with Gasteiger partial charge in [0.15, 0.2) is 17.5 Å². The van der Waals surface area contributed by atoms with Crippen molar-refractivity contribution < 1.29 is 0 Å². The molecule has 0 unspecified atom stereocenters. The number of fused-ring (bicyclic) bond motifs is 6. The molecule has 0 radical (unpaired) electrons. The van der Waals surface area contributed by atoms with Crippen LogP contribution in [0.5, 0.6) is 0 Å². The van der Waals surface area contributed by atoms with Gasteiger partial charge in [0.2, 0.25) is 0 Å². The highest BCUT2D eigenvalue weighted by Crippen LogP contribution is 2.40. The first kappa shape index (κ1) is 24.9. The number of benzene rings is 6. The van der Waals surface area contributed by atoms with Gasteiger partial charge in [0.25, 0.3) is 0 Å². The molecule has 0 amide bonds. The molecule has 3 heterocycles. The highest BCUT2D eigenvalue weighted by Gasteiger charge is 2.17. The lowest BCUT2D eigenvalue weighted by molar-refractivity contribution is 1.07. The molecular weight excluding hydrogens is 557 g/mol. The first-order chi connectivity index (χ1) is 21.8. The van der Waals surface area contributed by atoms with Crippen molar-refractivity contribution in [1.29, 1.82) is 0 Å². The van der Waals surface area contributed by atoms with Gasteiger partial charge in [-0.05, 0) is 36.4 Å². The van der Waals surface area contributed by atoms with Crippen LogP contribution in [0.4, 0.5) is 0 Å². The van der Waals surface area contributed by atoms with Gasteiger partial charge in [-0.1, -0.05) is 109 Å². The van der Waals surface area contributed by atoms with Crippen molar-refractivity contribution >= 4 is 53.3 Å². The fourth-order valence-corrected chi connectivity index (χ4v) is 7.31. The first-order valence-corrected chi connectivity index (χ1v) is 15.4. The van der Waals surface area contributed by atoms with Crippen LogP contribution in [0.1, 0.15) is 0 Å². The average molecular weight is 581 g/mol. The maximum Gasteiger partial charge on any atom is 0.164 e. The lowest BCUT2D eigenvalue weighted by Crippen LogP contribution is -2.01. The predicted octanol–water partition coefficient (Wildman–Crippen LogP) is 10.3. The van der Waals surface area contributed by atoms with Gasteiger partial charge < -0.3 is 4.57 Å². The van der Waals surface area contributed by atoms with Crippen molar-refractivity contribution in [3.8, 4) is 39.9 Å². The number of para-hydroxylation sites is 1. The third-order valence-corrected chi connectivity index (χ3v) is 9.37. The van der Waals surface area contributed by atoms with E-state index in [9.17, 15) is 0 Å². The fourth-order valence-electron chi connectivity index (χ4n) is 6.19. The minimum atomic E-state index is 0.646. The molecule has 0 N–H and O–H groups in total. The maximum atomic E-state index is 4.98. The fraction of sp³-hybridized carbons (Fsp3) is 0. The summed E-state index contributed by atoms with van der Waals surface area (Å²) in [5.41, 5.74) is 6.28. The molecule has 0 spiro atoms. The second-order valence-electron chi connectivity index (χ2n) is 10.9. The molecule has 0 saturated carbocycles. The van der Waals surface area contributed by atoms with Crippen LogP contribution >= 0.6 is 11.3 Å². The summed E-state index contributed by atoms with van der Waals surface area (Å²) in [5, 5.41) is 5.11. The van der Waals surface area contributed by atoms with Crippen LogP contribution in [-0.4, -0.2) is 19.5 Å². The average Bonchev–Trinajstić information content (AvgIpc) is 3.62. The monoisotopic (exact) mass is 580 g/mol. The second-order valence-corrected chi connectivity index (χ2v) is 12.0. The molecule has 0 saturated heterocycles. The molecule has 44 heavy (non-hydrogen) atoms. The summed E-state index contributed by atoms with van der Waals surface area (Å²) in [6.07, 6.45) is 0. The zero-order valence-corrected chi connectivity index (χ0v) is 24.4. The highest BCUT2D eigenvalue weighted by atomic mass is 32.1. The van der Waals surface area contributed by atoms with Gasteiger partial charge in [-0.25, -0.2) is 15.0 Å². The van der Waals surface area contributed by atoms with E-state index in [4.69, 9.17) is 15.0 Å². The molecule has 9 aromatic rings. The predicted molar refractivity (Wildman–Crippen MR) is 183 cm³/mol. The Morgan fingerprint density at radius 1 is 0.386 bits per heavy atom. The van der Waals surface area contributed by atoms with E-state index >= 15 is 0 Å². The molecule has 0 aliphatic rings. The van der Waals surface area contributed by atoms with E-state index in [1.165, 1.54) is 42.0 Å². The molecule has 9 rings (SSSR count). The smallest absolute Gasteiger partial charge is 0.164 e. The molecule has 6 aromatic carbocycles. The summed E-state index contributed by atoms with van der Waals surface area (Å²) in [5.74, 6) is 1.96. The molecule has 0 atom stereocenters. The Morgan fingerprint density at radius 3 is 1.70 bits per heavy atom. The molecule has 4 nitrogen and oxygen atoms in total. The summed E-state index contributed by atoms with van der Waals surface area (Å²) >= 11 is 1.85. The van der Waals surface area contributed by atoms with Crippen molar-refractivity contribution in [2.75, 3.05) is 0 Å². The van der Waals surface area contributed by atoms with Crippen LogP contribution in [0.25, 0.3) is 81.8 Å². The molecule has 0 aliphatic carbocycles. The van der Waals surface area contributed by atoms with E-state index in [1.807, 2.05) is 72.0 Å². The maximum absolute atomic E-state index is 4.98. The molecule has 206 valence electrons. The molecule has 0 aliphatic heterocycles. The second kappa shape index (κ2) is 9.97. The Balaban J connectivity index is 1.27. The zero-order valence-electron chi connectivity index (χ0n) is 23.6. The lowest BCUT2D eigenvalue weighted by Gasteiger charge is -2.11. The Hall–Kier alpha value is -5.65. The van der Waals surface area contributed by atoms with Gasteiger partial charge in [0.1, 0.15) is 0 Å². The van der Waals surface area contributed by atoms with E-state index in [2.05, 4.69) is 89.5 Å². The van der Waals surface area contributed by atoms with Crippen LogP contribution in [0.15, 0.2) is 146 Å². The van der Waals surface area contributed by atoms with Gasteiger partial charge in [0, 0.05) is 53.3 Å². The molecule has 3 aromatic heterocycles. The van der Waals surface area contributed by atoms with Crippen molar-refractivity contribution in [3.63, 3.8) is 0 Å². The normalized spacial score (nSPS) is 11.6. The lowest BCUT2D eigenvalue weighted by atomic mass is 10.1. The zero-order chi connectivity index (χ0) is 29.0. The Morgan fingerprint density at radius 2 is 0.977 bits per heavy atom. The van der Waals surface area contributed by atoms with E-state index in [0.29, 0.717) is 17.5 Å². The van der Waals surface area contributed by atoms with Crippen LogP contribution in [0.2, 0.25) is 0 Å². The van der Waals surface area contributed by atoms with Gasteiger partial charge in [-0.15, -0.1) is 11.3 Å². The standard InChI is InChI=1S/C39H24N4S/c1-3-12-25(13-4-1)37-40-38(26-14-5-2-6-15-26)42-39(41-37)27-16-11-17-28(22-27)43-33-20-9-7-18-29(33)31-23-32-30-19-8-10-21-35(30)44-36(32)24-34(31)43/h1-24H. The largest absolute Gasteiger partial charge is 0.309 e. The third kappa shape index (κ3) is 4.02. The summed E-state index contributed by atoms with van der Waals surface area (Å²) < 4.78 is 4.97. The Kier molecular flexibility index (Phi) is 5.64. The number of hydrogen-bond donors (Lipinski definition) is 0. The topological polar surface area (TPSA) is 43.6 Å². The molecular formula is C39H24N4S. The van der Waals surface area contributed by atoms with E-state index in [1.54, 1.807) is 0 Å². The van der Waals surface area contributed by atoms with Crippen molar-refractivity contribution in [3.05, 3.63) is 146 Å². The first-order valence-electron chi connectivity index (χ1n) is 14.6. The minimum absolute atomic E-state index is 0.646. The van der Waals surface area contributed by atoms with E-state index in [-0.39, 0.29) is 0 Å². The number of aromatic nitrogens is 4. The number of nitrogens with zero attached hydrogens (tertiary/aromatic N) is 4. The van der Waals surface area contributed by atoms with Gasteiger partial charge in [0.05, 0.1) is 11.0 Å². The summed E-state index contributed by atoms with van der Waals surface area (Å²) in [4.78, 5) is 14.8. The summed E-state index contributed by atoms with van der Waals surface area (Å²) in [7, 11) is 0. The number of hydrogen-bond acceptors (Lipinski definition) is 4. The van der Waals surface area contributed by atoms with Gasteiger partial charge >= 0.3 is 0 Å². The van der Waals surface area contributed by atoms with Crippen LogP contribution in [0.3, 0.4) is 0 Å². The van der Waals surface area contributed by atoms with Gasteiger partial charge in [-0.2, -0.15) is 0 Å². The Bertz CT molecular complexity index is 2440. The molecule has 0 bridgehead atoms. The van der Waals surface area contributed by atoms with E-state index in [0.717, 1.165) is 22.4 Å². The summed E-state index contributed by atoms with van der Waals surface area (Å²) in [6, 6.07) is 50.8. The van der Waals surface area contributed by atoms with Crippen molar-refractivity contribution in [2.24, 2.45) is 0 Å². The van der Waals surface area contributed by atoms with Crippen LogP contribution < -0.4 is 0 Å². The van der Waals surface area contributed by atoms with E-state index < -0.39 is 0 Å². The minimum Gasteiger partial charge on any atom is -0.309 e. The number of rotatable bonds is 4. The van der Waals surface area contributed by atoms with Gasteiger partial charge in [-0.3, -0.25) is 0 Å². The molecule has 5 heteroatoms. The van der Waals surface area contributed by atoms with Crippen LogP contribution in [0, 0.1) is 0 Å². The SMILES string of the molecule is c1ccc(-c2nc(-c3ccccc3)nc(-c3cccc(-n4c5ccccc5c5cc6c(cc54)sc4ccccc46)c3)n2)cc1.